The third-order valence-electron chi connectivity index (χ3n) is 5.07. The molecule has 1 N–H and O–H groups in total. The molecule has 1 aromatic rings. The predicted octanol–water partition coefficient (Wildman–Crippen LogP) is 3.53. The van der Waals surface area contributed by atoms with Crippen LogP contribution in [-0.2, 0) is 22.3 Å². The molecule has 1 aromatic carbocycles. The van der Waals surface area contributed by atoms with Crippen LogP contribution in [0.1, 0.15) is 56.6 Å². The van der Waals surface area contributed by atoms with Crippen molar-refractivity contribution >= 4 is 10.0 Å². The van der Waals surface area contributed by atoms with E-state index in [-0.39, 0.29) is 5.75 Å². The van der Waals surface area contributed by atoms with Gasteiger partial charge < -0.3 is 5.32 Å². The third-order valence-corrected chi connectivity index (χ3v) is 6.85. The van der Waals surface area contributed by atoms with Gasteiger partial charge in [-0.1, -0.05) is 56.4 Å². The average molecular weight is 353 g/mol. The van der Waals surface area contributed by atoms with Crippen molar-refractivity contribution in [2.24, 2.45) is 5.92 Å². The molecule has 0 radical (unpaired) electrons. The molecule has 1 unspecified atom stereocenters. The molecule has 5 heteroatoms. The first-order valence-electron chi connectivity index (χ1n) is 9.09. The van der Waals surface area contributed by atoms with Crippen molar-refractivity contribution in [2.75, 3.05) is 14.1 Å². The van der Waals surface area contributed by atoms with Gasteiger partial charge in [-0.15, -0.1) is 0 Å². The van der Waals surface area contributed by atoms with Gasteiger partial charge in [-0.2, -0.15) is 0 Å². The van der Waals surface area contributed by atoms with E-state index in [9.17, 15) is 8.42 Å². The molecular weight excluding hydrogens is 320 g/mol. The molecule has 136 valence electrons. The minimum absolute atomic E-state index is 0.0643. The molecule has 0 amide bonds. The van der Waals surface area contributed by atoms with Crippen molar-refractivity contribution in [1.29, 1.82) is 0 Å². The van der Waals surface area contributed by atoms with Crippen molar-refractivity contribution in [3.63, 3.8) is 0 Å². The normalized spacial score (nSPS) is 18.0. The largest absolute Gasteiger partial charge is 0.310 e. The minimum atomic E-state index is -3.23. The van der Waals surface area contributed by atoms with Gasteiger partial charge in [-0.25, -0.2) is 12.7 Å². The summed E-state index contributed by atoms with van der Waals surface area (Å²) >= 11 is 0. The Morgan fingerprint density at radius 3 is 2.38 bits per heavy atom. The van der Waals surface area contributed by atoms with Crippen molar-refractivity contribution < 1.29 is 8.42 Å². The van der Waals surface area contributed by atoms with Gasteiger partial charge in [0.2, 0.25) is 10.0 Å². The molecule has 0 aromatic heterocycles. The Hall–Kier alpha value is -0.910. The fourth-order valence-electron chi connectivity index (χ4n) is 3.49. The van der Waals surface area contributed by atoms with E-state index in [1.54, 1.807) is 14.1 Å². The van der Waals surface area contributed by atoms with E-state index in [4.69, 9.17) is 0 Å². The third kappa shape index (κ3) is 5.87. The maximum Gasteiger partial charge on any atom is 0.217 e. The van der Waals surface area contributed by atoms with Crippen LogP contribution < -0.4 is 5.32 Å². The van der Waals surface area contributed by atoms with E-state index in [0.29, 0.717) is 6.04 Å². The lowest BCUT2D eigenvalue weighted by Gasteiger charge is -2.25. The maximum absolute atomic E-state index is 12.2. The number of rotatable bonds is 8. The lowest BCUT2D eigenvalue weighted by atomic mass is 9.85. The number of nitrogens with zero attached hydrogens (tertiary/aromatic N) is 1. The number of nitrogens with one attached hydrogen (secondary N) is 1. The first kappa shape index (κ1) is 19.4. The van der Waals surface area contributed by atoms with Crippen LogP contribution in [0.2, 0.25) is 0 Å². The summed E-state index contributed by atoms with van der Waals surface area (Å²) in [4.78, 5) is 0. The lowest BCUT2D eigenvalue weighted by Crippen LogP contribution is -2.29. The van der Waals surface area contributed by atoms with Gasteiger partial charge in [0, 0.05) is 26.7 Å². The highest BCUT2D eigenvalue weighted by Gasteiger charge is 2.18. The molecule has 0 heterocycles. The van der Waals surface area contributed by atoms with E-state index in [2.05, 4.69) is 12.2 Å². The molecule has 0 bridgehead atoms. The summed E-state index contributed by atoms with van der Waals surface area (Å²) in [6, 6.07) is 8.31. The van der Waals surface area contributed by atoms with Gasteiger partial charge in [0.25, 0.3) is 0 Å². The van der Waals surface area contributed by atoms with Crippen LogP contribution >= 0.6 is 0 Å². The molecule has 0 spiro atoms. The van der Waals surface area contributed by atoms with Crippen molar-refractivity contribution in [2.45, 2.75) is 63.8 Å². The van der Waals surface area contributed by atoms with Gasteiger partial charge >= 0.3 is 0 Å². The van der Waals surface area contributed by atoms with Crippen LogP contribution in [0.4, 0.5) is 0 Å². The summed E-state index contributed by atoms with van der Waals surface area (Å²) in [5.41, 5.74) is 1.97. The van der Waals surface area contributed by atoms with Crippen molar-refractivity contribution in [3.8, 4) is 0 Å². The summed E-state index contributed by atoms with van der Waals surface area (Å²) in [6.45, 7) is 2.97. The summed E-state index contributed by atoms with van der Waals surface area (Å²) in [6.07, 6.45) is 8.10. The van der Waals surface area contributed by atoms with Crippen LogP contribution in [-0.4, -0.2) is 32.9 Å². The lowest BCUT2D eigenvalue weighted by molar-refractivity contribution is 0.304. The Labute approximate surface area is 147 Å². The molecule has 4 nitrogen and oxygen atoms in total. The van der Waals surface area contributed by atoms with Crippen LogP contribution in [0.5, 0.6) is 0 Å². The minimum Gasteiger partial charge on any atom is -0.310 e. The van der Waals surface area contributed by atoms with Crippen LogP contribution in [0.3, 0.4) is 0 Å². The molecule has 24 heavy (non-hydrogen) atoms. The predicted molar refractivity (Wildman–Crippen MR) is 100 cm³/mol. The van der Waals surface area contributed by atoms with Gasteiger partial charge in [-0.3, -0.25) is 0 Å². The quantitative estimate of drug-likeness (QED) is 0.779. The molecule has 0 saturated heterocycles. The topological polar surface area (TPSA) is 49.4 Å². The zero-order valence-electron chi connectivity index (χ0n) is 15.3. The fraction of sp³-hybridized carbons (Fsp3) is 0.684. The average Bonchev–Trinajstić information content (AvgIpc) is 2.54. The van der Waals surface area contributed by atoms with Gasteiger partial charge in [0.1, 0.15) is 0 Å². The van der Waals surface area contributed by atoms with Crippen molar-refractivity contribution in [3.05, 3.63) is 35.4 Å². The SMILES string of the molecule is CC(CC1CCCCC1)NCc1ccccc1CS(=O)(=O)N(C)C. The Morgan fingerprint density at radius 1 is 1.12 bits per heavy atom. The number of sulfonamides is 1. The van der Waals surface area contributed by atoms with E-state index >= 15 is 0 Å². The van der Waals surface area contributed by atoms with E-state index in [1.165, 1.54) is 42.8 Å². The summed E-state index contributed by atoms with van der Waals surface area (Å²) in [5, 5.41) is 3.59. The molecule has 1 aliphatic rings. The summed E-state index contributed by atoms with van der Waals surface area (Å²) < 4.78 is 25.6. The molecule has 0 aliphatic heterocycles. The second-order valence-electron chi connectivity index (χ2n) is 7.33. The zero-order chi connectivity index (χ0) is 17.6. The standard InChI is InChI=1S/C19H32N2O2S/c1-16(13-17-9-5-4-6-10-17)20-14-18-11-7-8-12-19(18)15-24(22,23)21(2)3/h7-8,11-12,16-17,20H,4-6,9-10,13-15H2,1-3H3. The molecule has 1 fully saturated rings. The molecule has 1 atom stereocenters. The van der Waals surface area contributed by atoms with Crippen LogP contribution in [0.15, 0.2) is 24.3 Å². The Balaban J connectivity index is 1.92. The van der Waals surface area contributed by atoms with Gasteiger partial charge in [0.05, 0.1) is 5.75 Å². The molecule has 1 aliphatic carbocycles. The second kappa shape index (κ2) is 8.97. The second-order valence-corrected chi connectivity index (χ2v) is 9.51. The summed E-state index contributed by atoms with van der Waals surface area (Å²) in [7, 11) is -0.0579. The smallest absolute Gasteiger partial charge is 0.217 e. The Morgan fingerprint density at radius 2 is 1.75 bits per heavy atom. The first-order chi connectivity index (χ1) is 11.4. The Bertz CT molecular complexity index is 608. The number of hydrogen-bond acceptors (Lipinski definition) is 3. The van der Waals surface area contributed by atoms with E-state index < -0.39 is 10.0 Å². The molecule has 2 rings (SSSR count). The molecule has 1 saturated carbocycles. The van der Waals surface area contributed by atoms with Gasteiger partial charge in [0.15, 0.2) is 0 Å². The molecular formula is C19H32N2O2S. The van der Waals surface area contributed by atoms with Crippen molar-refractivity contribution in [1.82, 2.24) is 9.62 Å². The highest BCUT2D eigenvalue weighted by molar-refractivity contribution is 7.88. The zero-order valence-corrected chi connectivity index (χ0v) is 16.1. The highest BCUT2D eigenvalue weighted by Crippen LogP contribution is 2.27. The summed E-state index contributed by atoms with van der Waals surface area (Å²) in [5.74, 6) is 0.917. The van der Waals surface area contributed by atoms with Crippen LogP contribution in [0, 0.1) is 5.92 Å². The van der Waals surface area contributed by atoms with Crippen LogP contribution in [0.25, 0.3) is 0 Å². The highest BCUT2D eigenvalue weighted by atomic mass is 32.2. The van der Waals surface area contributed by atoms with Gasteiger partial charge in [-0.05, 0) is 30.4 Å². The number of benzene rings is 1. The maximum atomic E-state index is 12.2. The van der Waals surface area contributed by atoms with E-state index in [1.807, 2.05) is 24.3 Å². The van der Waals surface area contributed by atoms with E-state index in [0.717, 1.165) is 23.6 Å². The Kier molecular flexibility index (Phi) is 7.26. The monoisotopic (exact) mass is 352 g/mol. The first-order valence-corrected chi connectivity index (χ1v) is 10.7. The number of hydrogen-bond donors (Lipinski definition) is 1. The fourth-order valence-corrected chi connectivity index (χ4v) is 4.42.